The van der Waals surface area contributed by atoms with E-state index < -0.39 is 29.9 Å². The summed E-state index contributed by atoms with van der Waals surface area (Å²) in [5.74, 6) is -2.18. The molecule has 40 heavy (non-hydrogen) atoms. The lowest BCUT2D eigenvalue weighted by molar-refractivity contribution is -0.137. The number of carbonyl (C=O) groups excluding carboxylic acids is 6. The molecule has 0 fully saturated rings. The molecule has 1 heterocycles. The van der Waals surface area contributed by atoms with Gasteiger partial charge in [0.2, 0.25) is 17.7 Å². The molecule has 0 spiro atoms. The van der Waals surface area contributed by atoms with Crippen LogP contribution in [0.1, 0.15) is 57.9 Å². The van der Waals surface area contributed by atoms with Gasteiger partial charge in [-0.15, -0.1) is 0 Å². The Labute approximate surface area is 234 Å². The van der Waals surface area contributed by atoms with Crippen molar-refractivity contribution in [2.45, 2.75) is 64.5 Å². The maximum atomic E-state index is 13.2. The molecule has 7 amide bonds. The van der Waals surface area contributed by atoms with Gasteiger partial charge in [-0.1, -0.05) is 32.4 Å². The third kappa shape index (κ3) is 10.9. The molecule has 1 aliphatic heterocycles. The molecule has 0 aromatic heterocycles. The van der Waals surface area contributed by atoms with Gasteiger partial charge in [-0.05, 0) is 56.2 Å². The number of primary amides is 1. The number of carbonyl (C=O) groups is 6. The second-order valence-electron chi connectivity index (χ2n) is 9.94. The quantitative estimate of drug-likeness (QED) is 0.152. The summed E-state index contributed by atoms with van der Waals surface area (Å²) in [5, 5.41) is 10.7. The predicted octanol–water partition coefficient (Wildman–Crippen LogP) is 1.37. The molecule has 1 aliphatic rings. The second-order valence-corrected chi connectivity index (χ2v) is 9.94. The molecule has 0 aliphatic carbocycles. The van der Waals surface area contributed by atoms with Crippen LogP contribution in [0.5, 0.6) is 0 Å². The molecule has 12 heteroatoms. The number of hydrogen-bond donors (Lipinski definition) is 5. The third-order valence-corrected chi connectivity index (χ3v) is 6.27. The van der Waals surface area contributed by atoms with Crippen LogP contribution < -0.4 is 27.0 Å². The van der Waals surface area contributed by atoms with Crippen LogP contribution in [0, 0.1) is 12.8 Å². The zero-order valence-electron chi connectivity index (χ0n) is 23.0. The highest BCUT2D eigenvalue weighted by Crippen LogP contribution is 2.12. The summed E-state index contributed by atoms with van der Waals surface area (Å²) in [6.45, 7) is 7.90. The van der Waals surface area contributed by atoms with Gasteiger partial charge in [0.25, 0.3) is 11.8 Å². The van der Waals surface area contributed by atoms with Crippen molar-refractivity contribution < 1.29 is 28.8 Å². The van der Waals surface area contributed by atoms with E-state index in [2.05, 4.69) is 28.2 Å². The molecule has 1 aromatic rings. The number of urea groups is 1. The van der Waals surface area contributed by atoms with Crippen LogP contribution in [-0.2, 0) is 24.0 Å². The van der Waals surface area contributed by atoms with E-state index in [1.807, 2.05) is 0 Å². The number of imide groups is 1. The topological polar surface area (TPSA) is 180 Å². The highest BCUT2D eigenvalue weighted by Gasteiger charge is 2.29. The maximum absolute atomic E-state index is 13.2. The van der Waals surface area contributed by atoms with Crippen molar-refractivity contribution in [2.24, 2.45) is 11.7 Å². The highest BCUT2D eigenvalue weighted by molar-refractivity contribution is 6.12. The van der Waals surface area contributed by atoms with Crippen molar-refractivity contribution >= 4 is 41.3 Å². The van der Waals surface area contributed by atoms with Crippen molar-refractivity contribution in [1.82, 2.24) is 20.9 Å². The van der Waals surface area contributed by atoms with E-state index in [9.17, 15) is 28.8 Å². The van der Waals surface area contributed by atoms with Crippen molar-refractivity contribution in [3.63, 3.8) is 0 Å². The number of nitrogens with one attached hydrogen (secondary N) is 4. The Kier molecular flexibility index (Phi) is 12.8. The summed E-state index contributed by atoms with van der Waals surface area (Å²) in [4.78, 5) is 74.1. The molecule has 217 valence electrons. The SMILES string of the molecule is [CH2]c1ccc(NC(=O)C(CCCNC(N)=O)NC(=O)C(NC(=O)CCCCCN2C(=O)C=CC2=O)C(C)C)cc1. The van der Waals surface area contributed by atoms with Gasteiger partial charge in [-0.25, -0.2) is 4.79 Å². The van der Waals surface area contributed by atoms with Gasteiger partial charge in [0.05, 0.1) is 0 Å². The standard InChI is InChI=1S/C28H39N6O6/c1-18(2)25(33-22(35)9-5-4-6-17-34-23(36)14-15-24(34)37)27(39)32-21(8-7-16-30-28(29)40)26(38)31-20-12-10-19(3)11-13-20/h10-15,18,21,25H,3-9,16-17H2,1-2H3,(H,31,38)(H,32,39)(H,33,35)(H3,29,30,40). The van der Waals surface area contributed by atoms with Gasteiger partial charge < -0.3 is 27.0 Å². The van der Waals surface area contributed by atoms with Crippen LogP contribution in [0.2, 0.25) is 0 Å². The Morgan fingerprint density at radius 2 is 1.55 bits per heavy atom. The Balaban J connectivity index is 1.90. The van der Waals surface area contributed by atoms with Crippen LogP contribution >= 0.6 is 0 Å². The fourth-order valence-electron chi connectivity index (χ4n) is 4.03. The molecular weight excluding hydrogens is 516 g/mol. The number of unbranched alkanes of at least 4 members (excludes halogenated alkanes) is 2. The minimum absolute atomic E-state index is 0.168. The molecule has 2 rings (SSSR count). The molecule has 2 unspecified atom stereocenters. The predicted molar refractivity (Wildman–Crippen MR) is 149 cm³/mol. The lowest BCUT2D eigenvalue weighted by Gasteiger charge is -2.25. The van der Waals surface area contributed by atoms with E-state index >= 15 is 0 Å². The first-order valence-electron chi connectivity index (χ1n) is 13.4. The van der Waals surface area contributed by atoms with E-state index in [0.717, 1.165) is 10.5 Å². The van der Waals surface area contributed by atoms with Gasteiger partial charge in [-0.3, -0.25) is 28.9 Å². The van der Waals surface area contributed by atoms with Crippen LogP contribution in [0.3, 0.4) is 0 Å². The monoisotopic (exact) mass is 555 g/mol. The number of rotatable bonds is 16. The van der Waals surface area contributed by atoms with Crippen molar-refractivity contribution in [2.75, 3.05) is 18.4 Å². The molecule has 6 N–H and O–H groups in total. The summed E-state index contributed by atoms with van der Waals surface area (Å²) in [5.41, 5.74) is 6.42. The molecule has 1 aromatic carbocycles. The molecule has 0 bridgehead atoms. The number of nitrogens with two attached hydrogens (primary N) is 1. The Morgan fingerprint density at radius 3 is 2.15 bits per heavy atom. The van der Waals surface area contributed by atoms with Crippen LogP contribution in [-0.4, -0.2) is 65.6 Å². The number of hydrogen-bond acceptors (Lipinski definition) is 6. The Hall–Kier alpha value is -4.22. The zero-order valence-corrected chi connectivity index (χ0v) is 23.0. The maximum Gasteiger partial charge on any atom is 0.312 e. The first-order chi connectivity index (χ1) is 19.0. The zero-order chi connectivity index (χ0) is 29.7. The van der Waals surface area contributed by atoms with Gasteiger partial charge in [0.15, 0.2) is 0 Å². The molecule has 0 saturated heterocycles. The van der Waals surface area contributed by atoms with Crippen molar-refractivity contribution in [1.29, 1.82) is 0 Å². The fourth-order valence-corrected chi connectivity index (χ4v) is 4.03. The number of amides is 7. The van der Waals surface area contributed by atoms with Gasteiger partial charge in [0.1, 0.15) is 12.1 Å². The van der Waals surface area contributed by atoms with E-state index in [0.29, 0.717) is 37.9 Å². The summed E-state index contributed by atoms with van der Waals surface area (Å²) >= 11 is 0. The largest absolute Gasteiger partial charge is 0.352 e. The van der Waals surface area contributed by atoms with E-state index in [-0.39, 0.29) is 43.0 Å². The number of benzene rings is 1. The minimum Gasteiger partial charge on any atom is -0.352 e. The third-order valence-electron chi connectivity index (χ3n) is 6.27. The lowest BCUT2D eigenvalue weighted by Crippen LogP contribution is -2.54. The smallest absolute Gasteiger partial charge is 0.312 e. The summed E-state index contributed by atoms with van der Waals surface area (Å²) in [6.07, 6.45) is 4.95. The van der Waals surface area contributed by atoms with Gasteiger partial charge in [-0.2, -0.15) is 0 Å². The van der Waals surface area contributed by atoms with Gasteiger partial charge >= 0.3 is 6.03 Å². The lowest BCUT2D eigenvalue weighted by atomic mass is 10.0. The molecule has 2 atom stereocenters. The minimum atomic E-state index is -0.926. The number of nitrogens with zero attached hydrogens (tertiary/aromatic N) is 1. The summed E-state index contributed by atoms with van der Waals surface area (Å²) in [7, 11) is 0. The molecule has 0 saturated carbocycles. The average Bonchev–Trinajstić information content (AvgIpc) is 3.21. The molecule has 12 nitrogen and oxygen atoms in total. The van der Waals surface area contributed by atoms with E-state index in [1.54, 1.807) is 38.1 Å². The molecular formula is C28H39N6O6. The van der Waals surface area contributed by atoms with Crippen LogP contribution in [0.4, 0.5) is 10.5 Å². The Morgan fingerprint density at radius 1 is 0.900 bits per heavy atom. The summed E-state index contributed by atoms with van der Waals surface area (Å²) in [6, 6.07) is 4.40. The van der Waals surface area contributed by atoms with Gasteiger partial charge in [0, 0.05) is 37.3 Å². The van der Waals surface area contributed by atoms with Crippen LogP contribution in [0.25, 0.3) is 0 Å². The first-order valence-corrected chi connectivity index (χ1v) is 13.4. The first kappa shape index (κ1) is 32.0. The Bertz CT molecular complexity index is 1080. The highest BCUT2D eigenvalue weighted by atomic mass is 16.2. The molecule has 1 radical (unpaired) electrons. The summed E-state index contributed by atoms with van der Waals surface area (Å²) < 4.78 is 0. The van der Waals surface area contributed by atoms with Crippen LogP contribution in [0.15, 0.2) is 36.4 Å². The normalized spacial score (nSPS) is 14.2. The van der Waals surface area contributed by atoms with E-state index in [4.69, 9.17) is 5.73 Å². The van der Waals surface area contributed by atoms with E-state index in [1.165, 1.54) is 12.2 Å². The average molecular weight is 556 g/mol. The van der Waals surface area contributed by atoms with Crippen molar-refractivity contribution in [3.05, 3.63) is 48.9 Å². The number of anilines is 1. The fraction of sp³-hybridized carbons (Fsp3) is 0.464. The second kappa shape index (κ2) is 16.0. The van der Waals surface area contributed by atoms with Crippen molar-refractivity contribution in [3.8, 4) is 0 Å².